The van der Waals surface area contributed by atoms with Gasteiger partial charge in [-0.3, -0.25) is 4.98 Å². The first-order valence-corrected chi connectivity index (χ1v) is 7.35. The lowest BCUT2D eigenvalue weighted by Gasteiger charge is -2.20. The van der Waals surface area contributed by atoms with E-state index in [1.807, 2.05) is 30.3 Å². The number of benzene rings is 1. The zero-order chi connectivity index (χ0) is 16.1. The number of hydrogen-bond donors (Lipinski definition) is 2. The molecular formula is C18H17FN2O2. The Bertz CT molecular complexity index is 715. The summed E-state index contributed by atoms with van der Waals surface area (Å²) in [7, 11) is 0. The van der Waals surface area contributed by atoms with Crippen LogP contribution in [-0.2, 0) is 0 Å². The van der Waals surface area contributed by atoms with Crippen LogP contribution in [0.5, 0.6) is 0 Å². The molecule has 0 amide bonds. The Balaban J connectivity index is 1.79. The van der Waals surface area contributed by atoms with E-state index in [9.17, 15) is 9.50 Å². The van der Waals surface area contributed by atoms with Crippen molar-refractivity contribution < 1.29 is 13.9 Å². The summed E-state index contributed by atoms with van der Waals surface area (Å²) in [6, 6.07) is 15.9. The third kappa shape index (κ3) is 3.83. The van der Waals surface area contributed by atoms with Gasteiger partial charge in [0.2, 0.25) is 0 Å². The van der Waals surface area contributed by atoms with Crippen molar-refractivity contribution >= 4 is 0 Å². The van der Waals surface area contributed by atoms with Gasteiger partial charge >= 0.3 is 0 Å². The molecule has 0 unspecified atom stereocenters. The first kappa shape index (κ1) is 15.4. The van der Waals surface area contributed by atoms with Crippen LogP contribution in [0.15, 0.2) is 71.5 Å². The van der Waals surface area contributed by atoms with E-state index < -0.39 is 6.10 Å². The van der Waals surface area contributed by atoms with Crippen molar-refractivity contribution in [1.29, 1.82) is 0 Å². The van der Waals surface area contributed by atoms with Gasteiger partial charge in [-0.2, -0.15) is 0 Å². The van der Waals surface area contributed by atoms with Gasteiger partial charge in [-0.05, 0) is 29.8 Å². The Morgan fingerprint density at radius 3 is 2.57 bits per heavy atom. The van der Waals surface area contributed by atoms with Gasteiger partial charge < -0.3 is 14.8 Å². The summed E-state index contributed by atoms with van der Waals surface area (Å²) in [5.74, 6) is 0.118. The van der Waals surface area contributed by atoms with Crippen molar-refractivity contribution in [1.82, 2.24) is 10.3 Å². The molecule has 0 spiro atoms. The highest BCUT2D eigenvalue weighted by molar-refractivity contribution is 5.27. The molecule has 0 saturated carbocycles. The fourth-order valence-electron chi connectivity index (χ4n) is 2.41. The lowest BCUT2D eigenvalue weighted by Crippen LogP contribution is -2.28. The zero-order valence-electron chi connectivity index (χ0n) is 12.4. The summed E-state index contributed by atoms with van der Waals surface area (Å²) in [5.41, 5.74) is 1.67. The van der Waals surface area contributed by atoms with Crippen molar-refractivity contribution in [3.8, 4) is 0 Å². The monoisotopic (exact) mass is 312 g/mol. The standard InChI is InChI=1S/C18H17FN2O2/c19-14-8-9-15(20-11-14)18(13-5-2-1-3-6-13)21-12-16(22)17-7-4-10-23-17/h1-11,16,18,21-22H,12H2/t16-,18-/m0/s1. The molecule has 0 aliphatic carbocycles. The van der Waals surface area contributed by atoms with E-state index in [1.54, 1.807) is 18.2 Å². The highest BCUT2D eigenvalue weighted by Gasteiger charge is 2.18. The number of aromatic nitrogens is 1. The molecule has 0 radical (unpaired) electrons. The van der Waals surface area contributed by atoms with Crippen LogP contribution in [0.25, 0.3) is 0 Å². The second kappa shape index (κ2) is 7.17. The highest BCUT2D eigenvalue weighted by atomic mass is 19.1. The molecule has 1 aromatic carbocycles. The maximum atomic E-state index is 13.1. The minimum absolute atomic E-state index is 0.249. The van der Waals surface area contributed by atoms with E-state index in [4.69, 9.17) is 4.42 Å². The van der Waals surface area contributed by atoms with Gasteiger partial charge in [0.25, 0.3) is 0 Å². The number of hydrogen-bond acceptors (Lipinski definition) is 4. The van der Waals surface area contributed by atoms with Crippen molar-refractivity contribution in [3.63, 3.8) is 0 Å². The van der Waals surface area contributed by atoms with Gasteiger partial charge in [-0.1, -0.05) is 30.3 Å². The smallest absolute Gasteiger partial charge is 0.141 e. The second-order valence-electron chi connectivity index (χ2n) is 5.18. The van der Waals surface area contributed by atoms with Crippen molar-refractivity contribution in [2.45, 2.75) is 12.1 Å². The second-order valence-corrected chi connectivity index (χ2v) is 5.18. The molecule has 118 valence electrons. The lowest BCUT2D eigenvalue weighted by atomic mass is 10.0. The van der Waals surface area contributed by atoms with Crippen molar-refractivity contribution in [2.24, 2.45) is 0 Å². The molecule has 2 aromatic heterocycles. The third-order valence-corrected chi connectivity index (χ3v) is 3.57. The van der Waals surface area contributed by atoms with Crippen LogP contribution in [0.2, 0.25) is 0 Å². The van der Waals surface area contributed by atoms with Crippen LogP contribution in [-0.4, -0.2) is 16.6 Å². The summed E-state index contributed by atoms with van der Waals surface area (Å²) in [6.07, 6.45) is 1.95. The highest BCUT2D eigenvalue weighted by Crippen LogP contribution is 2.22. The van der Waals surface area contributed by atoms with Gasteiger partial charge in [-0.15, -0.1) is 0 Å². The summed E-state index contributed by atoms with van der Waals surface area (Å²) in [6.45, 7) is 0.284. The SMILES string of the molecule is O[C@@H](CN[C@@H](c1ccccc1)c1ccc(F)cn1)c1ccco1. The van der Waals surface area contributed by atoms with Gasteiger partial charge in [0.05, 0.1) is 24.2 Å². The normalized spacial score (nSPS) is 13.7. The predicted molar refractivity (Wildman–Crippen MR) is 84.2 cm³/mol. The molecule has 3 rings (SSSR count). The molecule has 0 aliphatic heterocycles. The van der Waals surface area contributed by atoms with Crippen molar-refractivity contribution in [3.05, 3.63) is 89.9 Å². The van der Waals surface area contributed by atoms with E-state index in [2.05, 4.69) is 10.3 Å². The van der Waals surface area contributed by atoms with Gasteiger partial charge in [0, 0.05) is 6.54 Å². The Labute approximate surface area is 133 Å². The lowest BCUT2D eigenvalue weighted by molar-refractivity contribution is 0.145. The van der Waals surface area contributed by atoms with Crippen LogP contribution in [0, 0.1) is 5.82 Å². The fraction of sp³-hybridized carbons (Fsp3) is 0.167. The van der Waals surface area contributed by atoms with E-state index in [1.165, 1.54) is 18.5 Å². The maximum Gasteiger partial charge on any atom is 0.141 e. The molecule has 0 fully saturated rings. The number of nitrogens with zero attached hydrogens (tertiary/aromatic N) is 1. The molecule has 0 bridgehead atoms. The van der Waals surface area contributed by atoms with Crippen molar-refractivity contribution in [2.75, 3.05) is 6.54 Å². The third-order valence-electron chi connectivity index (χ3n) is 3.57. The summed E-state index contributed by atoms with van der Waals surface area (Å²) in [5, 5.41) is 13.4. The number of pyridine rings is 1. The van der Waals surface area contributed by atoms with Gasteiger partial charge in [-0.25, -0.2) is 4.39 Å². The number of halogens is 1. The topological polar surface area (TPSA) is 58.3 Å². The van der Waals surface area contributed by atoms with E-state index >= 15 is 0 Å². The van der Waals surface area contributed by atoms with E-state index in [-0.39, 0.29) is 18.4 Å². The number of nitrogens with one attached hydrogen (secondary N) is 1. The minimum Gasteiger partial charge on any atom is -0.467 e. The maximum absolute atomic E-state index is 13.1. The van der Waals surface area contributed by atoms with Gasteiger partial charge in [0.15, 0.2) is 0 Å². The Hall–Kier alpha value is -2.50. The number of aliphatic hydroxyl groups excluding tert-OH is 1. The summed E-state index contributed by atoms with van der Waals surface area (Å²) < 4.78 is 18.3. The van der Waals surface area contributed by atoms with Crippen LogP contribution < -0.4 is 5.32 Å². The molecule has 4 nitrogen and oxygen atoms in total. The quantitative estimate of drug-likeness (QED) is 0.734. The zero-order valence-corrected chi connectivity index (χ0v) is 12.4. The summed E-state index contributed by atoms with van der Waals surface area (Å²) >= 11 is 0. The molecule has 3 aromatic rings. The number of aliphatic hydroxyl groups is 1. The molecule has 0 saturated heterocycles. The van der Waals surface area contributed by atoms with E-state index in [0.717, 1.165) is 5.56 Å². The molecule has 2 N–H and O–H groups in total. The van der Waals surface area contributed by atoms with Gasteiger partial charge in [0.1, 0.15) is 17.7 Å². The molecule has 5 heteroatoms. The number of furan rings is 1. The predicted octanol–water partition coefficient (Wildman–Crippen LogP) is 3.23. The Kier molecular flexibility index (Phi) is 4.80. The average molecular weight is 312 g/mol. The summed E-state index contributed by atoms with van der Waals surface area (Å²) in [4.78, 5) is 4.15. The molecule has 0 aliphatic rings. The fourth-order valence-corrected chi connectivity index (χ4v) is 2.41. The minimum atomic E-state index is -0.767. The van der Waals surface area contributed by atoms with Crippen LogP contribution >= 0.6 is 0 Å². The molecule has 2 heterocycles. The van der Waals surface area contributed by atoms with Crippen LogP contribution in [0.4, 0.5) is 4.39 Å². The molecule has 23 heavy (non-hydrogen) atoms. The van der Waals surface area contributed by atoms with E-state index in [0.29, 0.717) is 11.5 Å². The number of rotatable bonds is 6. The largest absolute Gasteiger partial charge is 0.467 e. The van der Waals surface area contributed by atoms with Crippen LogP contribution in [0.3, 0.4) is 0 Å². The Morgan fingerprint density at radius 1 is 1.09 bits per heavy atom. The van der Waals surface area contributed by atoms with Crippen LogP contribution in [0.1, 0.15) is 29.2 Å². The first-order valence-electron chi connectivity index (χ1n) is 7.35. The first-order chi connectivity index (χ1) is 11.2. The average Bonchev–Trinajstić information content (AvgIpc) is 3.12. The molecular weight excluding hydrogens is 295 g/mol. The molecule has 2 atom stereocenters. The Morgan fingerprint density at radius 2 is 1.91 bits per heavy atom.